The fraction of sp³-hybridized carbons (Fsp3) is 0.529. The van der Waals surface area contributed by atoms with Gasteiger partial charge in [0.1, 0.15) is 12.2 Å². The summed E-state index contributed by atoms with van der Waals surface area (Å²) < 4.78 is 8.08. The summed E-state index contributed by atoms with van der Waals surface area (Å²) in [6.45, 7) is 7.74. The number of hydrogen-bond acceptors (Lipinski definition) is 6. The first-order chi connectivity index (χ1) is 12.7. The first kappa shape index (κ1) is 18.7. The van der Waals surface area contributed by atoms with Gasteiger partial charge in [0.05, 0.1) is 19.3 Å². The van der Waals surface area contributed by atoms with Crippen LogP contribution in [0.5, 0.6) is 0 Å². The number of ether oxygens (including phenoxy) is 1. The van der Waals surface area contributed by atoms with Crippen LogP contribution in [0, 0.1) is 20.8 Å². The van der Waals surface area contributed by atoms with Gasteiger partial charge in [-0.25, -0.2) is 14.3 Å². The monoisotopic (exact) mass is 375 g/mol. The van der Waals surface area contributed by atoms with Crippen LogP contribution in [0.3, 0.4) is 0 Å². The molecule has 0 radical (unpaired) electrons. The van der Waals surface area contributed by atoms with Crippen molar-refractivity contribution in [3.8, 4) is 0 Å². The van der Waals surface area contributed by atoms with Gasteiger partial charge in [-0.05, 0) is 27.7 Å². The Balaban J connectivity index is 2.10. The molecule has 2 aliphatic rings. The van der Waals surface area contributed by atoms with Crippen LogP contribution in [0.2, 0.25) is 0 Å². The zero-order valence-electron chi connectivity index (χ0n) is 16.3. The van der Waals surface area contributed by atoms with Crippen LogP contribution in [-0.2, 0) is 14.3 Å². The van der Waals surface area contributed by atoms with Crippen LogP contribution in [0.1, 0.15) is 23.9 Å². The molecule has 3 rings (SSSR count). The Bertz CT molecular complexity index is 913. The van der Waals surface area contributed by atoms with Crippen LogP contribution in [0.25, 0.3) is 0 Å². The van der Waals surface area contributed by atoms with Crippen LogP contribution in [-0.4, -0.2) is 87.1 Å². The van der Waals surface area contributed by atoms with Crippen LogP contribution < -0.4 is 0 Å². The molecule has 0 aromatic carbocycles. The lowest BCUT2D eigenvalue weighted by atomic mass is 10.1. The van der Waals surface area contributed by atoms with Gasteiger partial charge in [-0.2, -0.15) is 0 Å². The number of methoxy groups -OCH3 is 1. The maximum absolute atomic E-state index is 13.0. The van der Waals surface area contributed by atoms with Crippen LogP contribution >= 0.6 is 0 Å². The topological polar surface area (TPSA) is 100 Å². The number of fused-ring (bicyclic) bond motifs is 1. The zero-order valence-corrected chi connectivity index (χ0v) is 16.3. The molecular formula is C17H23N6O4+. The van der Waals surface area contributed by atoms with Crippen molar-refractivity contribution in [3.05, 3.63) is 17.0 Å². The molecule has 1 fully saturated rings. The number of aromatic nitrogens is 2. The van der Waals surface area contributed by atoms with Crippen molar-refractivity contribution < 1.29 is 23.7 Å². The number of amides is 3. The number of esters is 1. The first-order valence-electron chi connectivity index (χ1n) is 8.64. The molecule has 10 nitrogen and oxygen atoms in total. The van der Waals surface area contributed by atoms with E-state index in [-0.39, 0.29) is 0 Å². The Labute approximate surface area is 156 Å². The average molecular weight is 375 g/mol. The van der Waals surface area contributed by atoms with Crippen molar-refractivity contribution in [3.63, 3.8) is 0 Å². The van der Waals surface area contributed by atoms with E-state index in [9.17, 15) is 14.4 Å². The molecule has 1 aromatic rings. The van der Waals surface area contributed by atoms with Crippen molar-refractivity contribution in [1.29, 1.82) is 0 Å². The predicted octanol–water partition coefficient (Wildman–Crippen LogP) is -0.107. The van der Waals surface area contributed by atoms with E-state index >= 15 is 0 Å². The summed E-state index contributed by atoms with van der Waals surface area (Å²) in [7, 11) is 2.75. The van der Waals surface area contributed by atoms with Crippen molar-refractivity contribution in [1.82, 2.24) is 19.6 Å². The number of rotatable bonds is 3. The number of nitrogens with zero attached hydrogens (tertiary/aromatic N) is 6. The average Bonchev–Trinajstić information content (AvgIpc) is 3.16. The van der Waals surface area contributed by atoms with E-state index in [4.69, 9.17) is 0 Å². The Hall–Kier alpha value is -3.04. The third kappa shape index (κ3) is 2.71. The van der Waals surface area contributed by atoms with Crippen molar-refractivity contribution in [2.24, 2.45) is 4.99 Å². The summed E-state index contributed by atoms with van der Waals surface area (Å²) in [5.74, 6) is -0.352. The highest BCUT2D eigenvalue weighted by Gasteiger charge is 2.53. The third-order valence-corrected chi connectivity index (χ3v) is 5.09. The second kappa shape index (κ2) is 6.60. The number of likely N-dealkylation sites (N-methyl/N-ethyl adjacent to an activating group) is 2. The summed E-state index contributed by atoms with van der Waals surface area (Å²) in [6, 6.07) is -1.40. The molecular weight excluding hydrogens is 352 g/mol. The molecule has 3 heterocycles. The van der Waals surface area contributed by atoms with Gasteiger partial charge in [0.15, 0.2) is 0 Å². The van der Waals surface area contributed by atoms with Gasteiger partial charge < -0.3 is 4.74 Å². The molecule has 27 heavy (non-hydrogen) atoms. The van der Waals surface area contributed by atoms with Gasteiger partial charge in [0, 0.05) is 12.6 Å². The summed E-state index contributed by atoms with van der Waals surface area (Å²) in [5.41, 5.74) is 2.82. The number of carbonyl (C=O) groups is 3. The number of amidine groups is 1. The molecule has 144 valence electrons. The summed E-state index contributed by atoms with van der Waals surface area (Å²) >= 11 is 0. The fourth-order valence-corrected chi connectivity index (χ4v) is 3.25. The largest absolute Gasteiger partial charge is 0.468 e. The number of carbonyl (C=O) groups excluding carboxylic acids is 3. The molecule has 1 aromatic heterocycles. The molecule has 10 heteroatoms. The van der Waals surface area contributed by atoms with Crippen LogP contribution in [0.4, 0.5) is 4.79 Å². The summed E-state index contributed by atoms with van der Waals surface area (Å²) in [4.78, 5) is 44.0. The highest BCUT2D eigenvalue weighted by atomic mass is 16.5. The minimum Gasteiger partial charge on any atom is -0.468 e. The molecule has 0 saturated carbocycles. The number of urea groups is 1. The predicted molar refractivity (Wildman–Crippen MR) is 95.8 cm³/mol. The van der Waals surface area contributed by atoms with Crippen molar-refractivity contribution in [2.75, 3.05) is 27.2 Å². The van der Waals surface area contributed by atoms with Crippen molar-refractivity contribution >= 4 is 29.7 Å². The molecule has 0 bridgehead atoms. The summed E-state index contributed by atoms with van der Waals surface area (Å²) in [6.07, 6.45) is 0. The van der Waals surface area contributed by atoms with E-state index in [1.165, 1.54) is 19.1 Å². The van der Waals surface area contributed by atoms with Gasteiger partial charge in [0.25, 0.3) is 5.91 Å². The lowest BCUT2D eigenvalue weighted by molar-refractivity contribution is -0.534. The molecule has 3 amide bonds. The number of imide groups is 1. The molecule has 1 saturated heterocycles. The second-order valence-corrected chi connectivity index (χ2v) is 6.51. The highest BCUT2D eigenvalue weighted by Crippen LogP contribution is 2.22. The second-order valence-electron chi connectivity index (χ2n) is 6.51. The van der Waals surface area contributed by atoms with E-state index in [1.807, 2.05) is 27.7 Å². The van der Waals surface area contributed by atoms with Gasteiger partial charge in [-0.1, -0.05) is 4.99 Å². The number of aliphatic imine (C=N–C) groups is 1. The van der Waals surface area contributed by atoms with Crippen LogP contribution in [0.15, 0.2) is 4.99 Å². The lowest BCUT2D eigenvalue weighted by Gasteiger charge is -2.33. The molecule has 0 spiro atoms. The smallest absolute Gasteiger partial charge is 0.421 e. The van der Waals surface area contributed by atoms with Gasteiger partial charge in [-0.3, -0.25) is 14.5 Å². The molecule has 0 aliphatic carbocycles. The Morgan fingerprint density at radius 3 is 2.44 bits per heavy atom. The van der Waals surface area contributed by atoms with Crippen molar-refractivity contribution in [2.45, 2.75) is 33.7 Å². The highest BCUT2D eigenvalue weighted by molar-refractivity contribution is 6.23. The van der Waals surface area contributed by atoms with E-state index < -0.39 is 30.5 Å². The van der Waals surface area contributed by atoms with Gasteiger partial charge >= 0.3 is 18.0 Å². The zero-order chi connectivity index (χ0) is 20.0. The molecule has 2 aliphatic heterocycles. The Morgan fingerprint density at radius 1 is 1.26 bits per heavy atom. The first-order valence-corrected chi connectivity index (χ1v) is 8.64. The maximum Gasteiger partial charge on any atom is 0.421 e. The van der Waals surface area contributed by atoms with Gasteiger partial charge in [0.2, 0.25) is 11.9 Å². The molecule has 0 N–H and O–H groups in total. The van der Waals surface area contributed by atoms with E-state index in [1.54, 1.807) is 9.26 Å². The fourth-order valence-electron chi connectivity index (χ4n) is 3.25. The number of hydrogen-bond donors (Lipinski definition) is 0. The maximum atomic E-state index is 13.0. The SMILES string of the molecule is CC[N+]1=C(n2nc(C)c(C)c2C)N=C2C1C(=O)N(CC(=O)OC)C(=O)N2C. The number of aryl methyl sites for hydroxylation is 1. The third-order valence-electron chi connectivity index (χ3n) is 5.09. The normalized spacial score (nSPS) is 19.6. The standard InChI is InChI=1S/C17H23N6O4/c1-7-21-13-14(18-16(21)23-11(4)9(2)10(3)19-23)20(5)17(26)22(15(13)25)8-12(24)27-6/h13H,7-8H2,1-6H3/q+1. The van der Waals surface area contributed by atoms with E-state index in [2.05, 4.69) is 14.8 Å². The molecule has 1 unspecified atom stereocenters. The molecule has 1 atom stereocenters. The Morgan fingerprint density at radius 2 is 1.93 bits per heavy atom. The Kier molecular flexibility index (Phi) is 4.58. The van der Waals surface area contributed by atoms with E-state index in [0.717, 1.165) is 21.9 Å². The minimum atomic E-state index is -0.790. The lowest BCUT2D eigenvalue weighted by Crippen LogP contribution is -2.63. The quantitative estimate of drug-likeness (QED) is 0.542. The van der Waals surface area contributed by atoms with E-state index in [0.29, 0.717) is 18.3 Å². The minimum absolute atomic E-state index is 0.327. The summed E-state index contributed by atoms with van der Waals surface area (Å²) in [5, 5.41) is 4.53. The van der Waals surface area contributed by atoms with Gasteiger partial charge in [-0.15, -0.1) is 9.78 Å².